The number of aliphatic carboxylic acids is 2. The normalized spacial score (nSPS) is 14.6. The van der Waals surface area contributed by atoms with Gasteiger partial charge in [0, 0.05) is 19.6 Å². The van der Waals surface area contributed by atoms with Crippen LogP contribution in [0.2, 0.25) is 0 Å². The molecule has 3 atom stereocenters. The molecule has 232 valence electrons. The lowest BCUT2D eigenvalue weighted by Gasteiger charge is -2.20. The number of hydrogen-bond acceptors (Lipinski definition) is 8. The molecular weight excluding hydrogens is 529 g/mol. The molecule has 0 fully saturated rings. The molecule has 0 amide bonds. The van der Waals surface area contributed by atoms with E-state index in [1.807, 2.05) is 0 Å². The lowest BCUT2D eigenvalue weighted by atomic mass is 10.0. The molecule has 0 aromatic rings. The highest BCUT2D eigenvalue weighted by atomic mass is 31.2. The Labute approximate surface area is 234 Å². The van der Waals surface area contributed by atoms with Crippen molar-refractivity contribution in [2.45, 2.75) is 128 Å². The van der Waals surface area contributed by atoms with E-state index in [9.17, 15) is 19.0 Å². The Morgan fingerprint density at radius 2 is 1.21 bits per heavy atom. The Hall–Kier alpha value is -1.07. The number of unbranched alkanes of at least 4 members (excludes halogenated alkanes) is 14. The smallest absolute Gasteiger partial charge is 0.472 e. The summed E-state index contributed by atoms with van der Waals surface area (Å²) in [5.41, 5.74) is 5.27. The minimum atomic E-state index is -4.53. The van der Waals surface area contributed by atoms with Crippen molar-refractivity contribution in [2.24, 2.45) is 5.73 Å². The van der Waals surface area contributed by atoms with Gasteiger partial charge < -0.3 is 30.3 Å². The predicted octanol–water partition coefficient (Wildman–Crippen LogP) is 5.67. The van der Waals surface area contributed by atoms with Crippen LogP contribution in [0.4, 0.5) is 0 Å². The van der Waals surface area contributed by atoms with E-state index in [1.165, 1.54) is 70.6 Å². The molecule has 5 N–H and O–H groups in total. The summed E-state index contributed by atoms with van der Waals surface area (Å²) < 4.78 is 32.9. The molecule has 3 unspecified atom stereocenters. The molecule has 11 nitrogen and oxygen atoms in total. The zero-order chi connectivity index (χ0) is 29.2. The maximum absolute atomic E-state index is 12.0. The number of carboxylic acids is 2. The fourth-order valence-electron chi connectivity index (χ4n) is 3.85. The number of ether oxygens (including phenoxy) is 2. The number of nitrogens with two attached hydrogens (primary N) is 1. The van der Waals surface area contributed by atoms with Crippen LogP contribution in [0.3, 0.4) is 0 Å². The van der Waals surface area contributed by atoms with Gasteiger partial charge in [-0.05, 0) is 19.3 Å². The Kier molecular flexibility index (Phi) is 25.2. The first-order valence-corrected chi connectivity index (χ1v) is 16.2. The summed E-state index contributed by atoms with van der Waals surface area (Å²) in [5, 5.41) is 17.5. The maximum atomic E-state index is 12.0. The Morgan fingerprint density at radius 3 is 1.72 bits per heavy atom. The second-order valence-corrected chi connectivity index (χ2v) is 11.5. The first-order chi connectivity index (χ1) is 18.7. The highest BCUT2D eigenvalue weighted by Crippen LogP contribution is 2.43. The predicted molar refractivity (Wildman–Crippen MR) is 150 cm³/mol. The van der Waals surface area contributed by atoms with Crippen LogP contribution in [0, 0.1) is 0 Å². The first kappa shape index (κ1) is 37.9. The number of carbonyl (C=O) groups is 2. The van der Waals surface area contributed by atoms with Gasteiger partial charge in [-0.2, -0.15) is 0 Å². The molecule has 0 bridgehead atoms. The van der Waals surface area contributed by atoms with Crippen molar-refractivity contribution >= 4 is 19.8 Å². The summed E-state index contributed by atoms with van der Waals surface area (Å²) in [7, 11) is -4.53. The molecular formula is C27H54NO10P. The van der Waals surface area contributed by atoms with E-state index < -0.39 is 38.5 Å². The fourth-order valence-corrected chi connectivity index (χ4v) is 4.62. The van der Waals surface area contributed by atoms with Gasteiger partial charge in [0.25, 0.3) is 0 Å². The third kappa shape index (κ3) is 26.9. The topological polar surface area (TPSA) is 175 Å². The average molecular weight is 584 g/mol. The van der Waals surface area contributed by atoms with E-state index in [0.717, 1.165) is 19.3 Å². The molecule has 0 saturated heterocycles. The lowest BCUT2D eigenvalue weighted by Crippen LogP contribution is -2.34. The molecule has 0 aliphatic rings. The molecule has 39 heavy (non-hydrogen) atoms. The van der Waals surface area contributed by atoms with E-state index in [2.05, 4.69) is 11.4 Å². The van der Waals surface area contributed by atoms with Gasteiger partial charge in [-0.1, -0.05) is 90.4 Å². The highest BCUT2D eigenvalue weighted by Gasteiger charge is 2.26. The van der Waals surface area contributed by atoms with E-state index >= 15 is 0 Å². The van der Waals surface area contributed by atoms with Crippen molar-refractivity contribution in [3.63, 3.8) is 0 Å². The second-order valence-electron chi connectivity index (χ2n) is 10.0. The number of rotatable bonds is 30. The van der Waals surface area contributed by atoms with Crippen LogP contribution >= 0.6 is 7.82 Å². The van der Waals surface area contributed by atoms with Crippen LogP contribution in [-0.4, -0.2) is 72.2 Å². The summed E-state index contributed by atoms with van der Waals surface area (Å²) in [6.07, 6.45) is 18.1. The van der Waals surface area contributed by atoms with Gasteiger partial charge in [0.2, 0.25) is 0 Å². The zero-order valence-electron chi connectivity index (χ0n) is 23.9. The van der Waals surface area contributed by atoms with Crippen LogP contribution in [0.5, 0.6) is 0 Å². The summed E-state index contributed by atoms with van der Waals surface area (Å²) in [6.45, 7) is 2.15. The number of hydrogen-bond donors (Lipinski definition) is 4. The van der Waals surface area contributed by atoms with Gasteiger partial charge in [-0.3, -0.25) is 18.6 Å². The molecule has 0 saturated carbocycles. The van der Waals surface area contributed by atoms with E-state index in [0.29, 0.717) is 19.4 Å². The van der Waals surface area contributed by atoms with Crippen molar-refractivity contribution < 1.29 is 47.8 Å². The van der Waals surface area contributed by atoms with Crippen LogP contribution in [0.25, 0.3) is 0 Å². The average Bonchev–Trinajstić information content (AvgIpc) is 2.89. The Balaban J connectivity index is 4.04. The molecule has 0 aromatic carbocycles. The summed E-state index contributed by atoms with van der Waals surface area (Å²) in [4.78, 5) is 31.1. The van der Waals surface area contributed by atoms with Gasteiger partial charge in [0.05, 0.1) is 19.8 Å². The van der Waals surface area contributed by atoms with Crippen molar-refractivity contribution in [1.82, 2.24) is 0 Å². The third-order valence-electron chi connectivity index (χ3n) is 6.24. The van der Waals surface area contributed by atoms with Gasteiger partial charge in [0.15, 0.2) is 0 Å². The summed E-state index contributed by atoms with van der Waals surface area (Å²) >= 11 is 0. The Morgan fingerprint density at radius 1 is 0.718 bits per heavy atom. The molecule has 0 aliphatic carbocycles. The van der Waals surface area contributed by atoms with Gasteiger partial charge in [0.1, 0.15) is 12.1 Å². The molecule has 0 aliphatic heterocycles. The standard InChI is InChI=1S/C27H54NO10P/c1-2-3-4-5-6-7-8-9-10-11-12-13-14-16-19-35-21-24(36-20-17-15-18-26(29)30)22-37-39(33,34)38-23-25(28)27(31)32/h24-25H,2-23,28H2,1H3,(H,29,30)(H,31,32)(H,33,34). The van der Waals surface area contributed by atoms with E-state index in [4.69, 9.17) is 29.9 Å². The van der Waals surface area contributed by atoms with E-state index in [-0.39, 0.29) is 26.2 Å². The number of phosphoric ester groups is 1. The van der Waals surface area contributed by atoms with Crippen molar-refractivity contribution in [3.8, 4) is 0 Å². The lowest BCUT2D eigenvalue weighted by molar-refractivity contribution is -0.139. The Bertz CT molecular complexity index is 652. The first-order valence-electron chi connectivity index (χ1n) is 14.7. The van der Waals surface area contributed by atoms with E-state index in [1.54, 1.807) is 0 Å². The monoisotopic (exact) mass is 583 g/mol. The minimum Gasteiger partial charge on any atom is -0.481 e. The number of phosphoric acid groups is 1. The second kappa shape index (κ2) is 25.9. The zero-order valence-corrected chi connectivity index (χ0v) is 24.8. The molecule has 12 heteroatoms. The molecule has 0 spiro atoms. The SMILES string of the molecule is CCCCCCCCCCCCCCCCOCC(COP(=O)(O)OCC(N)C(=O)O)OCCCCC(=O)O. The van der Waals surface area contributed by atoms with Crippen LogP contribution in [-0.2, 0) is 32.7 Å². The van der Waals surface area contributed by atoms with Crippen molar-refractivity contribution in [2.75, 3.05) is 33.0 Å². The number of carboxylic acid groups (broad SMARTS) is 2. The van der Waals surface area contributed by atoms with Gasteiger partial charge in [-0.25, -0.2) is 4.57 Å². The highest BCUT2D eigenvalue weighted by molar-refractivity contribution is 7.47. The maximum Gasteiger partial charge on any atom is 0.472 e. The fraction of sp³-hybridized carbons (Fsp3) is 0.926. The molecule has 0 aromatic heterocycles. The van der Waals surface area contributed by atoms with Crippen molar-refractivity contribution in [3.05, 3.63) is 0 Å². The largest absolute Gasteiger partial charge is 0.481 e. The van der Waals surface area contributed by atoms with Crippen LogP contribution < -0.4 is 5.73 Å². The summed E-state index contributed by atoms with van der Waals surface area (Å²) in [6, 6.07) is -1.45. The van der Waals surface area contributed by atoms with Crippen LogP contribution in [0.15, 0.2) is 0 Å². The molecule has 0 heterocycles. The third-order valence-corrected chi connectivity index (χ3v) is 7.19. The van der Waals surface area contributed by atoms with Gasteiger partial charge in [-0.15, -0.1) is 0 Å². The molecule has 0 rings (SSSR count). The minimum absolute atomic E-state index is 0.0314. The quantitative estimate of drug-likeness (QED) is 0.0605. The summed E-state index contributed by atoms with van der Waals surface area (Å²) in [5.74, 6) is -2.25. The van der Waals surface area contributed by atoms with Crippen molar-refractivity contribution in [1.29, 1.82) is 0 Å². The van der Waals surface area contributed by atoms with Gasteiger partial charge >= 0.3 is 19.8 Å². The molecule has 0 radical (unpaired) electrons. The van der Waals surface area contributed by atoms with Crippen LogP contribution in [0.1, 0.15) is 116 Å².